The number of amides is 2. The third-order valence-electron chi connectivity index (χ3n) is 4.96. The summed E-state index contributed by atoms with van der Waals surface area (Å²) in [7, 11) is 0. The second-order valence-electron chi connectivity index (χ2n) is 6.96. The van der Waals surface area contributed by atoms with Crippen molar-refractivity contribution in [2.75, 3.05) is 11.9 Å². The van der Waals surface area contributed by atoms with Gasteiger partial charge in [-0.25, -0.2) is 4.79 Å². The molecule has 1 aromatic carbocycles. The minimum absolute atomic E-state index is 0.118. The highest BCUT2D eigenvalue weighted by atomic mass is 16.5. The third kappa shape index (κ3) is 4.21. The standard InChI is InChI=1S/C20H23N3O5/c1-12-16(13(2)28-22-12)11-18(24)21-15-7-5-6-14(10-15)19(25)23-9-4-3-8-17(23)20(26)27/h5-7,10,17H,3-4,8-9,11H2,1-2H3,(H,21,24)(H,26,27). The van der Waals surface area contributed by atoms with Crippen molar-refractivity contribution < 1.29 is 24.0 Å². The monoisotopic (exact) mass is 385 g/mol. The molecule has 1 aromatic heterocycles. The first-order chi connectivity index (χ1) is 13.4. The number of aromatic nitrogens is 1. The van der Waals surface area contributed by atoms with E-state index in [2.05, 4.69) is 10.5 Å². The summed E-state index contributed by atoms with van der Waals surface area (Å²) in [4.78, 5) is 38.0. The van der Waals surface area contributed by atoms with E-state index in [1.54, 1.807) is 38.1 Å². The van der Waals surface area contributed by atoms with Gasteiger partial charge in [-0.15, -0.1) is 0 Å². The molecular weight excluding hydrogens is 362 g/mol. The maximum Gasteiger partial charge on any atom is 0.326 e. The van der Waals surface area contributed by atoms with Gasteiger partial charge in [-0.1, -0.05) is 11.2 Å². The number of likely N-dealkylation sites (tertiary alicyclic amines) is 1. The number of anilines is 1. The number of hydrogen-bond donors (Lipinski definition) is 2. The quantitative estimate of drug-likeness (QED) is 0.818. The van der Waals surface area contributed by atoms with E-state index in [0.29, 0.717) is 35.7 Å². The normalized spacial score (nSPS) is 16.6. The molecule has 2 amide bonds. The zero-order chi connectivity index (χ0) is 20.3. The Morgan fingerprint density at radius 3 is 2.75 bits per heavy atom. The number of nitrogens with zero attached hydrogens (tertiary/aromatic N) is 2. The number of carboxylic acids is 1. The van der Waals surface area contributed by atoms with Gasteiger partial charge in [-0.05, 0) is 51.3 Å². The van der Waals surface area contributed by atoms with Crippen LogP contribution in [0.15, 0.2) is 28.8 Å². The van der Waals surface area contributed by atoms with Crippen molar-refractivity contribution in [1.82, 2.24) is 10.1 Å². The highest BCUT2D eigenvalue weighted by Crippen LogP contribution is 2.22. The Kier molecular flexibility index (Phi) is 5.77. The average Bonchev–Trinajstić information content (AvgIpc) is 2.99. The number of aliphatic carboxylic acids is 1. The third-order valence-corrected chi connectivity index (χ3v) is 4.96. The molecule has 2 aromatic rings. The predicted octanol–water partition coefficient (Wildman–Crippen LogP) is 2.55. The molecule has 1 saturated heterocycles. The fraction of sp³-hybridized carbons (Fsp3) is 0.400. The Balaban J connectivity index is 1.72. The Hall–Kier alpha value is -3.16. The molecule has 1 unspecified atom stereocenters. The number of carbonyl (C=O) groups is 3. The highest BCUT2D eigenvalue weighted by Gasteiger charge is 2.32. The molecule has 8 nitrogen and oxygen atoms in total. The predicted molar refractivity (Wildman–Crippen MR) is 101 cm³/mol. The average molecular weight is 385 g/mol. The van der Waals surface area contributed by atoms with Gasteiger partial charge < -0.3 is 19.8 Å². The molecule has 2 N–H and O–H groups in total. The second-order valence-corrected chi connectivity index (χ2v) is 6.96. The van der Waals surface area contributed by atoms with Crippen LogP contribution in [0.5, 0.6) is 0 Å². The van der Waals surface area contributed by atoms with E-state index < -0.39 is 12.0 Å². The van der Waals surface area contributed by atoms with E-state index in [4.69, 9.17) is 4.52 Å². The largest absolute Gasteiger partial charge is 0.480 e. The van der Waals surface area contributed by atoms with Gasteiger partial charge in [0.2, 0.25) is 5.91 Å². The number of nitrogens with one attached hydrogen (secondary N) is 1. The molecule has 8 heteroatoms. The van der Waals surface area contributed by atoms with Crippen molar-refractivity contribution in [3.8, 4) is 0 Å². The summed E-state index contributed by atoms with van der Waals surface area (Å²) in [5.41, 5.74) is 2.23. The maximum absolute atomic E-state index is 12.8. The fourth-order valence-corrected chi connectivity index (χ4v) is 3.45. The van der Waals surface area contributed by atoms with Gasteiger partial charge in [-0.2, -0.15) is 0 Å². The van der Waals surface area contributed by atoms with Crippen LogP contribution in [0.2, 0.25) is 0 Å². The minimum atomic E-state index is -0.989. The summed E-state index contributed by atoms with van der Waals surface area (Å²) in [5, 5.41) is 16.0. The van der Waals surface area contributed by atoms with Crippen LogP contribution < -0.4 is 5.32 Å². The lowest BCUT2D eigenvalue weighted by molar-refractivity contribution is -0.143. The van der Waals surface area contributed by atoms with Gasteiger partial charge in [0.1, 0.15) is 11.8 Å². The maximum atomic E-state index is 12.8. The van der Waals surface area contributed by atoms with Crippen molar-refractivity contribution in [1.29, 1.82) is 0 Å². The Bertz CT molecular complexity index is 885. The summed E-state index contributed by atoms with van der Waals surface area (Å²) >= 11 is 0. The molecule has 3 rings (SSSR count). The highest BCUT2D eigenvalue weighted by molar-refractivity contribution is 5.99. The molecule has 0 aliphatic carbocycles. The molecule has 0 spiro atoms. The number of rotatable bonds is 5. The number of carboxylic acid groups (broad SMARTS) is 1. The van der Waals surface area contributed by atoms with E-state index in [9.17, 15) is 19.5 Å². The molecule has 1 fully saturated rings. The number of carbonyl (C=O) groups excluding carboxylic acids is 2. The molecule has 148 valence electrons. The number of hydrogen-bond acceptors (Lipinski definition) is 5. The van der Waals surface area contributed by atoms with Gasteiger partial charge in [0.25, 0.3) is 5.91 Å². The van der Waals surface area contributed by atoms with Gasteiger partial charge in [0, 0.05) is 23.4 Å². The Labute approximate surface area is 162 Å². The lowest BCUT2D eigenvalue weighted by Gasteiger charge is -2.33. The van der Waals surface area contributed by atoms with Crippen molar-refractivity contribution in [3.05, 3.63) is 46.8 Å². The molecule has 2 heterocycles. The van der Waals surface area contributed by atoms with Crippen LogP contribution >= 0.6 is 0 Å². The number of piperidine rings is 1. The number of benzene rings is 1. The lowest BCUT2D eigenvalue weighted by Crippen LogP contribution is -2.48. The molecule has 0 saturated carbocycles. The first kappa shape index (κ1) is 19.6. The zero-order valence-corrected chi connectivity index (χ0v) is 15.9. The summed E-state index contributed by atoms with van der Waals surface area (Å²) in [5.74, 6) is -0.979. The van der Waals surface area contributed by atoms with E-state index in [0.717, 1.165) is 18.4 Å². The first-order valence-corrected chi connectivity index (χ1v) is 9.22. The molecule has 1 atom stereocenters. The minimum Gasteiger partial charge on any atom is -0.480 e. The summed E-state index contributed by atoms with van der Waals surface area (Å²) in [6.45, 7) is 3.94. The number of aryl methyl sites for hydroxylation is 2. The Morgan fingerprint density at radius 2 is 2.07 bits per heavy atom. The topological polar surface area (TPSA) is 113 Å². The SMILES string of the molecule is Cc1noc(C)c1CC(=O)Nc1cccc(C(=O)N2CCCCC2C(=O)O)c1. The van der Waals surface area contributed by atoms with Crippen LogP contribution in [0.4, 0.5) is 5.69 Å². The van der Waals surface area contributed by atoms with Gasteiger partial charge >= 0.3 is 5.97 Å². The van der Waals surface area contributed by atoms with Crippen LogP contribution in [-0.2, 0) is 16.0 Å². The summed E-state index contributed by atoms with van der Waals surface area (Å²) < 4.78 is 5.07. The van der Waals surface area contributed by atoms with E-state index in [-0.39, 0.29) is 18.2 Å². The van der Waals surface area contributed by atoms with Crippen molar-refractivity contribution in [2.24, 2.45) is 0 Å². The fourth-order valence-electron chi connectivity index (χ4n) is 3.45. The van der Waals surface area contributed by atoms with Crippen molar-refractivity contribution in [2.45, 2.75) is 45.6 Å². The van der Waals surface area contributed by atoms with Crippen LogP contribution in [-0.4, -0.2) is 45.5 Å². The summed E-state index contributed by atoms with van der Waals surface area (Å²) in [6, 6.07) is 5.74. The van der Waals surface area contributed by atoms with Crippen LogP contribution in [0.25, 0.3) is 0 Å². The Morgan fingerprint density at radius 1 is 1.29 bits per heavy atom. The lowest BCUT2D eigenvalue weighted by atomic mass is 10.0. The molecule has 0 bridgehead atoms. The van der Waals surface area contributed by atoms with E-state index in [1.165, 1.54) is 4.90 Å². The molecule has 0 radical (unpaired) electrons. The van der Waals surface area contributed by atoms with Gasteiger partial charge in [0.05, 0.1) is 12.1 Å². The molecule has 28 heavy (non-hydrogen) atoms. The van der Waals surface area contributed by atoms with Gasteiger partial charge in [-0.3, -0.25) is 9.59 Å². The summed E-state index contributed by atoms with van der Waals surface area (Å²) in [6.07, 6.45) is 2.14. The smallest absolute Gasteiger partial charge is 0.326 e. The van der Waals surface area contributed by atoms with Gasteiger partial charge in [0.15, 0.2) is 0 Å². The molecule has 1 aliphatic rings. The van der Waals surface area contributed by atoms with Crippen LogP contribution in [0.1, 0.15) is 46.6 Å². The zero-order valence-electron chi connectivity index (χ0n) is 15.9. The first-order valence-electron chi connectivity index (χ1n) is 9.22. The second kappa shape index (κ2) is 8.24. The van der Waals surface area contributed by atoms with Crippen molar-refractivity contribution >= 4 is 23.5 Å². The molecular formula is C20H23N3O5. The molecule has 1 aliphatic heterocycles. The van der Waals surface area contributed by atoms with Crippen LogP contribution in [0.3, 0.4) is 0 Å². The van der Waals surface area contributed by atoms with Crippen LogP contribution in [0, 0.1) is 13.8 Å². The van der Waals surface area contributed by atoms with E-state index in [1.807, 2.05) is 0 Å². The van der Waals surface area contributed by atoms with E-state index >= 15 is 0 Å². The van der Waals surface area contributed by atoms with Crippen molar-refractivity contribution in [3.63, 3.8) is 0 Å².